The number of halogens is 3. The van der Waals surface area contributed by atoms with Gasteiger partial charge in [-0.3, -0.25) is 20.4 Å². The van der Waals surface area contributed by atoms with Gasteiger partial charge in [0.15, 0.2) is 6.61 Å². The summed E-state index contributed by atoms with van der Waals surface area (Å²) in [5.41, 5.74) is 4.87. The Morgan fingerprint density at radius 3 is 2.14 bits per heavy atom. The zero-order valence-corrected chi connectivity index (χ0v) is 15.7. The first kappa shape index (κ1) is 21.3. The second-order valence-electron chi connectivity index (χ2n) is 7.14. The summed E-state index contributed by atoms with van der Waals surface area (Å²) in [6.07, 6.45) is -4.50. The standard InChI is InChI=1S/C20H21F3N2O3/c1-19(2,3)14-9-7-13(8-10-14)18(27)25-24-17(26)12-28-16-6-4-5-15(11-16)20(21,22)23/h4-11H,12H2,1-3H3,(H,24,26)(H,25,27). The van der Waals surface area contributed by atoms with Gasteiger partial charge in [-0.05, 0) is 41.3 Å². The average molecular weight is 394 g/mol. The first-order chi connectivity index (χ1) is 13.0. The lowest BCUT2D eigenvalue weighted by molar-refractivity contribution is -0.137. The Hall–Kier alpha value is -3.03. The fourth-order valence-corrected chi connectivity index (χ4v) is 2.27. The summed E-state index contributed by atoms with van der Waals surface area (Å²) < 4.78 is 43.0. The normalized spacial score (nSPS) is 11.6. The van der Waals surface area contributed by atoms with E-state index in [1.807, 2.05) is 32.9 Å². The predicted octanol–water partition coefficient (Wildman–Crippen LogP) is 3.84. The van der Waals surface area contributed by atoms with E-state index in [0.717, 1.165) is 17.7 Å². The van der Waals surface area contributed by atoms with Gasteiger partial charge in [-0.25, -0.2) is 0 Å². The topological polar surface area (TPSA) is 67.4 Å². The summed E-state index contributed by atoms with van der Waals surface area (Å²) >= 11 is 0. The molecule has 0 atom stereocenters. The number of hydrogen-bond acceptors (Lipinski definition) is 3. The van der Waals surface area contributed by atoms with Crippen molar-refractivity contribution in [2.24, 2.45) is 0 Å². The molecular weight excluding hydrogens is 373 g/mol. The van der Waals surface area contributed by atoms with E-state index in [4.69, 9.17) is 4.74 Å². The number of nitrogens with one attached hydrogen (secondary N) is 2. The molecule has 28 heavy (non-hydrogen) atoms. The van der Waals surface area contributed by atoms with Crippen molar-refractivity contribution in [1.82, 2.24) is 10.9 Å². The molecule has 0 saturated carbocycles. The third-order valence-electron chi connectivity index (χ3n) is 3.86. The maximum atomic E-state index is 12.6. The van der Waals surface area contributed by atoms with Crippen molar-refractivity contribution in [3.8, 4) is 5.75 Å². The lowest BCUT2D eigenvalue weighted by atomic mass is 9.87. The molecule has 0 spiro atoms. The van der Waals surface area contributed by atoms with E-state index in [-0.39, 0.29) is 11.2 Å². The van der Waals surface area contributed by atoms with Gasteiger partial charge in [0.25, 0.3) is 11.8 Å². The fourth-order valence-electron chi connectivity index (χ4n) is 2.27. The second kappa shape index (κ2) is 8.33. The van der Waals surface area contributed by atoms with E-state index in [1.54, 1.807) is 12.1 Å². The van der Waals surface area contributed by atoms with Crippen molar-refractivity contribution in [2.75, 3.05) is 6.61 Å². The molecule has 0 aliphatic carbocycles. The monoisotopic (exact) mass is 394 g/mol. The predicted molar refractivity (Wildman–Crippen MR) is 97.7 cm³/mol. The highest BCUT2D eigenvalue weighted by Crippen LogP contribution is 2.31. The SMILES string of the molecule is CC(C)(C)c1ccc(C(=O)NNC(=O)COc2cccc(C(F)(F)F)c2)cc1. The molecular formula is C20H21F3N2O3. The molecule has 2 aromatic rings. The van der Waals surface area contributed by atoms with Crippen LogP contribution >= 0.6 is 0 Å². The van der Waals surface area contributed by atoms with Crippen molar-refractivity contribution in [2.45, 2.75) is 32.4 Å². The number of rotatable bonds is 4. The van der Waals surface area contributed by atoms with Crippen LogP contribution in [0.5, 0.6) is 5.75 Å². The van der Waals surface area contributed by atoms with Gasteiger partial charge in [0.2, 0.25) is 0 Å². The van der Waals surface area contributed by atoms with Crippen LogP contribution in [0.3, 0.4) is 0 Å². The van der Waals surface area contributed by atoms with Crippen LogP contribution in [-0.4, -0.2) is 18.4 Å². The zero-order valence-electron chi connectivity index (χ0n) is 15.7. The molecule has 2 amide bonds. The maximum absolute atomic E-state index is 12.6. The highest BCUT2D eigenvalue weighted by molar-refractivity contribution is 5.95. The number of benzene rings is 2. The summed E-state index contributed by atoms with van der Waals surface area (Å²) in [5, 5.41) is 0. The molecule has 150 valence electrons. The smallest absolute Gasteiger partial charge is 0.416 e. The quantitative estimate of drug-likeness (QED) is 0.775. The van der Waals surface area contributed by atoms with Crippen molar-refractivity contribution >= 4 is 11.8 Å². The van der Waals surface area contributed by atoms with Crippen LogP contribution in [0.2, 0.25) is 0 Å². The Morgan fingerprint density at radius 2 is 1.57 bits per heavy atom. The summed E-state index contributed by atoms with van der Waals surface area (Å²) in [4.78, 5) is 23.8. The highest BCUT2D eigenvalue weighted by atomic mass is 19.4. The van der Waals surface area contributed by atoms with E-state index in [2.05, 4.69) is 10.9 Å². The fraction of sp³-hybridized carbons (Fsp3) is 0.300. The molecule has 0 aliphatic heterocycles. The first-order valence-electron chi connectivity index (χ1n) is 8.46. The van der Waals surface area contributed by atoms with E-state index >= 15 is 0 Å². The first-order valence-corrected chi connectivity index (χ1v) is 8.46. The molecule has 0 aromatic heterocycles. The Balaban J connectivity index is 1.85. The third kappa shape index (κ3) is 6.00. The van der Waals surface area contributed by atoms with Gasteiger partial charge >= 0.3 is 6.18 Å². The van der Waals surface area contributed by atoms with E-state index in [0.29, 0.717) is 5.56 Å². The Morgan fingerprint density at radius 1 is 0.929 bits per heavy atom. The molecule has 2 aromatic carbocycles. The molecule has 0 bridgehead atoms. The van der Waals surface area contributed by atoms with Crippen LogP contribution in [0.15, 0.2) is 48.5 Å². The van der Waals surface area contributed by atoms with Crippen molar-refractivity contribution in [3.05, 3.63) is 65.2 Å². The molecule has 2 rings (SSSR count). The molecule has 0 fully saturated rings. The summed E-state index contributed by atoms with van der Waals surface area (Å²) in [6.45, 7) is 5.59. The summed E-state index contributed by atoms with van der Waals surface area (Å²) in [7, 11) is 0. The minimum absolute atomic E-state index is 0.0516. The lowest BCUT2D eigenvalue weighted by Crippen LogP contribution is -2.43. The minimum Gasteiger partial charge on any atom is -0.484 e. The zero-order chi connectivity index (χ0) is 20.9. The largest absolute Gasteiger partial charge is 0.484 e. The molecule has 0 unspecified atom stereocenters. The molecule has 5 nitrogen and oxygen atoms in total. The van der Waals surface area contributed by atoms with Crippen LogP contribution in [0.1, 0.15) is 42.3 Å². The van der Waals surface area contributed by atoms with E-state index in [1.165, 1.54) is 12.1 Å². The van der Waals surface area contributed by atoms with Gasteiger partial charge in [0, 0.05) is 5.56 Å². The number of hydrazine groups is 1. The van der Waals surface area contributed by atoms with Gasteiger partial charge < -0.3 is 4.74 Å². The van der Waals surface area contributed by atoms with Crippen LogP contribution in [0, 0.1) is 0 Å². The van der Waals surface area contributed by atoms with Crippen molar-refractivity contribution < 1.29 is 27.5 Å². The van der Waals surface area contributed by atoms with Crippen LogP contribution < -0.4 is 15.6 Å². The van der Waals surface area contributed by atoms with Crippen LogP contribution in [-0.2, 0) is 16.4 Å². The van der Waals surface area contributed by atoms with E-state index in [9.17, 15) is 22.8 Å². The number of amides is 2. The number of hydrogen-bond donors (Lipinski definition) is 2. The number of carbonyl (C=O) groups excluding carboxylic acids is 2. The molecule has 0 aliphatic rings. The van der Waals surface area contributed by atoms with Crippen molar-refractivity contribution in [3.63, 3.8) is 0 Å². The second-order valence-corrected chi connectivity index (χ2v) is 7.14. The van der Waals surface area contributed by atoms with Crippen molar-refractivity contribution in [1.29, 1.82) is 0 Å². The average Bonchev–Trinajstić information content (AvgIpc) is 2.63. The molecule has 2 N–H and O–H groups in total. The summed E-state index contributed by atoms with van der Waals surface area (Å²) in [6, 6.07) is 11.1. The Kier molecular flexibility index (Phi) is 6.33. The number of ether oxygens (including phenoxy) is 1. The van der Waals surface area contributed by atoms with Gasteiger partial charge in [-0.1, -0.05) is 39.0 Å². The maximum Gasteiger partial charge on any atom is 0.416 e. The lowest BCUT2D eigenvalue weighted by Gasteiger charge is -2.19. The summed E-state index contributed by atoms with van der Waals surface area (Å²) in [5.74, 6) is -1.33. The van der Waals surface area contributed by atoms with Gasteiger partial charge in [-0.15, -0.1) is 0 Å². The minimum atomic E-state index is -4.50. The van der Waals surface area contributed by atoms with Gasteiger partial charge in [0.1, 0.15) is 5.75 Å². The third-order valence-corrected chi connectivity index (χ3v) is 3.86. The Bertz CT molecular complexity index is 841. The molecule has 0 saturated heterocycles. The Labute approximate surface area is 160 Å². The molecule has 0 heterocycles. The molecule has 8 heteroatoms. The number of carbonyl (C=O) groups is 2. The van der Waals surface area contributed by atoms with Crippen LogP contribution in [0.25, 0.3) is 0 Å². The van der Waals surface area contributed by atoms with Gasteiger partial charge in [-0.2, -0.15) is 13.2 Å². The van der Waals surface area contributed by atoms with E-state index < -0.39 is 30.2 Å². The molecule has 0 radical (unpaired) electrons. The van der Waals surface area contributed by atoms with Gasteiger partial charge in [0.05, 0.1) is 5.56 Å². The number of alkyl halides is 3. The highest BCUT2D eigenvalue weighted by Gasteiger charge is 2.30. The van der Waals surface area contributed by atoms with Crippen LogP contribution in [0.4, 0.5) is 13.2 Å².